The minimum Gasteiger partial charge on any atom is -0.329 e. The molecule has 0 radical (unpaired) electrons. The third-order valence-electron chi connectivity index (χ3n) is 5.98. The fourth-order valence-corrected chi connectivity index (χ4v) is 4.94. The van der Waals surface area contributed by atoms with Crippen molar-refractivity contribution in [3.05, 3.63) is 89.6 Å². The molecule has 2 heterocycles. The Labute approximate surface area is 238 Å². The molecule has 0 saturated carbocycles. The zero-order valence-corrected chi connectivity index (χ0v) is 23.8. The van der Waals surface area contributed by atoms with Gasteiger partial charge in [0.2, 0.25) is 11.9 Å². The molecule has 202 valence electrons. The van der Waals surface area contributed by atoms with Crippen molar-refractivity contribution in [3.8, 4) is 0 Å². The Morgan fingerprint density at radius 3 is 2.28 bits per heavy atom. The molecule has 0 aliphatic rings. The molecule has 0 amide bonds. The van der Waals surface area contributed by atoms with E-state index in [0.717, 1.165) is 39.6 Å². The van der Waals surface area contributed by atoms with Gasteiger partial charge in [0.1, 0.15) is 5.82 Å². The average Bonchev–Trinajstić information content (AvgIpc) is 3.19. The van der Waals surface area contributed by atoms with Crippen molar-refractivity contribution in [1.29, 1.82) is 0 Å². The number of anilines is 6. The number of halogens is 2. The molecule has 0 fully saturated rings. The summed E-state index contributed by atoms with van der Waals surface area (Å²) in [5.74, 6) is 1.85. The quantitative estimate of drug-likeness (QED) is 0.221. The Morgan fingerprint density at radius 2 is 1.59 bits per heavy atom. The van der Waals surface area contributed by atoms with Crippen LogP contribution in [0, 0.1) is 0 Å². The normalized spacial score (nSPS) is 11.2. The van der Waals surface area contributed by atoms with Crippen LogP contribution < -0.4 is 15.5 Å². The van der Waals surface area contributed by atoms with Crippen LogP contribution in [0.1, 0.15) is 5.56 Å². The molecule has 2 N–H and O–H groups in total. The Balaban J connectivity index is 0.00000353. The molecule has 3 aromatic carbocycles. The van der Waals surface area contributed by atoms with Crippen molar-refractivity contribution in [3.63, 3.8) is 0 Å². The number of aryl methyl sites for hydroxylation is 1. The smallest absolute Gasteiger partial charge is 0.229 e. The average molecular weight is 585 g/mol. The minimum absolute atomic E-state index is 0. The van der Waals surface area contributed by atoms with E-state index in [1.165, 1.54) is 6.26 Å². The number of nitrogens with one attached hydrogen (secondary N) is 2. The molecule has 0 saturated heterocycles. The van der Waals surface area contributed by atoms with Crippen LogP contribution in [-0.4, -0.2) is 41.2 Å². The highest BCUT2D eigenvalue weighted by Gasteiger charge is 2.13. The molecule has 39 heavy (non-hydrogen) atoms. The zero-order valence-electron chi connectivity index (χ0n) is 21.5. The number of aromatic nitrogens is 4. The van der Waals surface area contributed by atoms with Crippen molar-refractivity contribution >= 4 is 79.7 Å². The molecule has 0 unspecified atom stereocenters. The number of benzene rings is 3. The van der Waals surface area contributed by atoms with Crippen LogP contribution in [0.5, 0.6) is 0 Å². The molecule has 0 aliphatic heterocycles. The molecule has 12 heteroatoms. The van der Waals surface area contributed by atoms with Crippen molar-refractivity contribution in [2.24, 2.45) is 7.05 Å². The Bertz CT molecular complexity index is 1710. The summed E-state index contributed by atoms with van der Waals surface area (Å²) >= 11 is 6.00. The molecule has 5 rings (SSSR count). The standard InChI is InChI=1S/C27H26ClN7O2S.ClH/c1-34(25-14-15-29-26(33-25)30-20-8-4-18(5-9-20)17-38(3,36)37)22-12-13-24-23(16-22)32-27(35(24)2)31-21-10-6-19(28)7-11-21;/h4-16H,17H2,1-3H3,(H,31,32)(H,29,30,33);1H. The maximum Gasteiger partial charge on any atom is 0.229 e. The van der Waals surface area contributed by atoms with E-state index in [1.54, 1.807) is 18.3 Å². The van der Waals surface area contributed by atoms with Gasteiger partial charge in [0.05, 0.1) is 16.8 Å². The maximum atomic E-state index is 11.5. The largest absolute Gasteiger partial charge is 0.329 e. The topological polar surface area (TPSA) is 105 Å². The lowest BCUT2D eigenvalue weighted by Crippen LogP contribution is -2.12. The van der Waals surface area contributed by atoms with Crippen molar-refractivity contribution in [1.82, 2.24) is 19.5 Å². The van der Waals surface area contributed by atoms with Gasteiger partial charge in [-0.05, 0) is 66.2 Å². The Kier molecular flexibility index (Phi) is 8.29. The number of imidazole rings is 1. The second kappa shape index (κ2) is 11.5. The highest BCUT2D eigenvalue weighted by Crippen LogP contribution is 2.29. The lowest BCUT2D eigenvalue weighted by atomic mass is 10.2. The van der Waals surface area contributed by atoms with E-state index < -0.39 is 9.84 Å². The van der Waals surface area contributed by atoms with Crippen LogP contribution in [-0.2, 0) is 22.6 Å². The second-order valence-electron chi connectivity index (χ2n) is 8.99. The summed E-state index contributed by atoms with van der Waals surface area (Å²) in [5.41, 5.74) is 5.14. The van der Waals surface area contributed by atoms with Crippen LogP contribution in [0.4, 0.5) is 34.8 Å². The van der Waals surface area contributed by atoms with E-state index in [2.05, 4.69) is 20.6 Å². The summed E-state index contributed by atoms with van der Waals surface area (Å²) < 4.78 is 25.0. The number of hydrogen-bond acceptors (Lipinski definition) is 8. The Hall–Kier alpha value is -3.86. The molecule has 0 atom stereocenters. The fourth-order valence-electron chi connectivity index (χ4n) is 4.02. The van der Waals surface area contributed by atoms with Gasteiger partial charge in [-0.2, -0.15) is 4.98 Å². The molecule has 9 nitrogen and oxygen atoms in total. The SMILES string of the molecule is CN(c1ccc2c(c1)nc(Nc1ccc(Cl)cc1)n2C)c1ccnc(Nc2ccc(CS(C)(=O)=O)cc2)n1.Cl. The Morgan fingerprint density at radius 1 is 0.923 bits per heavy atom. The van der Waals surface area contributed by atoms with Crippen LogP contribution in [0.25, 0.3) is 11.0 Å². The van der Waals surface area contributed by atoms with Gasteiger partial charge >= 0.3 is 0 Å². The molecular formula is C27H27Cl2N7O2S. The third-order valence-corrected chi connectivity index (χ3v) is 7.09. The van der Waals surface area contributed by atoms with E-state index in [4.69, 9.17) is 16.6 Å². The summed E-state index contributed by atoms with van der Waals surface area (Å²) in [6, 6.07) is 22.5. The summed E-state index contributed by atoms with van der Waals surface area (Å²) in [6.07, 6.45) is 2.91. The predicted octanol–water partition coefficient (Wildman–Crippen LogP) is 6.24. The van der Waals surface area contributed by atoms with E-state index in [0.29, 0.717) is 16.8 Å². The summed E-state index contributed by atoms with van der Waals surface area (Å²) in [6.45, 7) is 0. The molecule has 0 aliphatic carbocycles. The lowest BCUT2D eigenvalue weighted by Gasteiger charge is -2.19. The van der Waals surface area contributed by atoms with Crippen molar-refractivity contribution in [2.45, 2.75) is 5.75 Å². The second-order valence-corrected chi connectivity index (χ2v) is 11.6. The van der Waals surface area contributed by atoms with Crippen LogP contribution in [0.15, 0.2) is 79.0 Å². The van der Waals surface area contributed by atoms with E-state index in [9.17, 15) is 8.42 Å². The molecule has 0 bridgehead atoms. The van der Waals surface area contributed by atoms with Gasteiger partial charge in [0, 0.05) is 48.6 Å². The number of sulfone groups is 1. The van der Waals surface area contributed by atoms with Crippen LogP contribution >= 0.6 is 24.0 Å². The third kappa shape index (κ3) is 6.78. The number of fused-ring (bicyclic) bond motifs is 1. The van der Waals surface area contributed by atoms with E-state index in [-0.39, 0.29) is 18.2 Å². The first-order valence-corrected chi connectivity index (χ1v) is 14.2. The monoisotopic (exact) mass is 583 g/mol. The van der Waals surface area contributed by atoms with Crippen molar-refractivity contribution in [2.75, 3.05) is 28.8 Å². The van der Waals surface area contributed by atoms with Gasteiger partial charge in [0.25, 0.3) is 0 Å². The van der Waals surface area contributed by atoms with Crippen LogP contribution in [0.2, 0.25) is 5.02 Å². The lowest BCUT2D eigenvalue weighted by molar-refractivity contribution is 0.601. The highest BCUT2D eigenvalue weighted by atomic mass is 35.5. The van der Waals surface area contributed by atoms with Gasteiger partial charge in [-0.1, -0.05) is 23.7 Å². The number of nitrogens with zero attached hydrogens (tertiary/aromatic N) is 5. The first-order chi connectivity index (χ1) is 18.1. The van der Waals surface area contributed by atoms with E-state index in [1.807, 2.05) is 84.2 Å². The number of hydrogen-bond donors (Lipinski definition) is 2. The first kappa shape index (κ1) is 28.2. The van der Waals surface area contributed by atoms with Crippen molar-refractivity contribution < 1.29 is 8.42 Å². The van der Waals surface area contributed by atoms with Gasteiger partial charge in [-0.15, -0.1) is 12.4 Å². The highest BCUT2D eigenvalue weighted by molar-refractivity contribution is 7.89. The number of rotatable bonds is 8. The summed E-state index contributed by atoms with van der Waals surface area (Å²) in [7, 11) is 0.813. The van der Waals surface area contributed by atoms with E-state index >= 15 is 0 Å². The van der Waals surface area contributed by atoms with Gasteiger partial charge in [-0.25, -0.2) is 18.4 Å². The fraction of sp³-hybridized carbons (Fsp3) is 0.148. The molecule has 0 spiro atoms. The maximum absolute atomic E-state index is 11.5. The minimum atomic E-state index is -3.09. The summed E-state index contributed by atoms with van der Waals surface area (Å²) in [4.78, 5) is 15.7. The van der Waals surface area contributed by atoms with Gasteiger partial charge in [0.15, 0.2) is 9.84 Å². The zero-order chi connectivity index (χ0) is 26.9. The van der Waals surface area contributed by atoms with Gasteiger partial charge in [-0.3, -0.25) is 0 Å². The predicted molar refractivity (Wildman–Crippen MR) is 161 cm³/mol. The molecule has 5 aromatic rings. The summed E-state index contributed by atoms with van der Waals surface area (Å²) in [5, 5.41) is 7.19. The first-order valence-electron chi connectivity index (χ1n) is 11.7. The molecular weight excluding hydrogens is 557 g/mol. The van der Waals surface area contributed by atoms with Gasteiger partial charge < -0.3 is 20.1 Å². The molecule has 2 aromatic heterocycles. The van der Waals surface area contributed by atoms with Crippen LogP contribution in [0.3, 0.4) is 0 Å².